The molecule has 1 aromatic heterocycles. The van der Waals surface area contributed by atoms with Crippen LogP contribution in [0.1, 0.15) is 12.8 Å². The summed E-state index contributed by atoms with van der Waals surface area (Å²) in [7, 11) is 0. The second-order valence-electron chi connectivity index (χ2n) is 7.77. The second kappa shape index (κ2) is 9.96. The number of halogens is 1. The molecule has 1 aromatic carbocycles. The molecule has 2 fully saturated rings. The molecule has 0 unspecified atom stereocenters. The van der Waals surface area contributed by atoms with Crippen molar-refractivity contribution in [1.29, 1.82) is 0 Å². The second-order valence-corrected chi connectivity index (χ2v) is 8.20. The van der Waals surface area contributed by atoms with Gasteiger partial charge >= 0.3 is 5.97 Å². The molecule has 0 atom stereocenters. The third-order valence-electron chi connectivity index (χ3n) is 5.81. The number of ether oxygens (including phenoxy) is 1. The van der Waals surface area contributed by atoms with E-state index in [2.05, 4.69) is 19.8 Å². The van der Waals surface area contributed by atoms with Crippen molar-refractivity contribution in [2.45, 2.75) is 12.8 Å². The number of carbonyl (C=O) groups excluding carboxylic acids is 2. The van der Waals surface area contributed by atoms with Crippen molar-refractivity contribution in [1.82, 2.24) is 14.9 Å². The maximum Gasteiger partial charge on any atom is 0.309 e. The van der Waals surface area contributed by atoms with E-state index in [1.165, 1.54) is 0 Å². The van der Waals surface area contributed by atoms with Gasteiger partial charge in [0.1, 0.15) is 0 Å². The molecule has 0 aliphatic carbocycles. The van der Waals surface area contributed by atoms with Gasteiger partial charge in [0, 0.05) is 62.4 Å². The van der Waals surface area contributed by atoms with Crippen molar-refractivity contribution in [2.24, 2.45) is 5.92 Å². The Morgan fingerprint density at radius 2 is 1.68 bits per heavy atom. The van der Waals surface area contributed by atoms with Gasteiger partial charge in [0.2, 0.25) is 5.95 Å². The summed E-state index contributed by atoms with van der Waals surface area (Å²) >= 11 is 6.07. The average molecular weight is 444 g/mol. The van der Waals surface area contributed by atoms with Crippen LogP contribution in [0.15, 0.2) is 42.7 Å². The van der Waals surface area contributed by atoms with Gasteiger partial charge < -0.3 is 19.4 Å². The molecule has 4 rings (SSSR count). The lowest BCUT2D eigenvalue weighted by Gasteiger charge is -2.36. The predicted octanol–water partition coefficient (Wildman–Crippen LogP) is 2.24. The number of nitrogens with zero attached hydrogens (tertiary/aromatic N) is 5. The van der Waals surface area contributed by atoms with Gasteiger partial charge in [-0.2, -0.15) is 0 Å². The Hall–Kier alpha value is -2.87. The van der Waals surface area contributed by atoms with Crippen molar-refractivity contribution in [2.75, 3.05) is 55.7 Å². The molecule has 2 aromatic rings. The summed E-state index contributed by atoms with van der Waals surface area (Å²) in [4.78, 5) is 39.5. The first-order chi connectivity index (χ1) is 15.1. The van der Waals surface area contributed by atoms with Gasteiger partial charge in [-0.15, -0.1) is 0 Å². The number of piperidine rings is 1. The topological polar surface area (TPSA) is 78.9 Å². The summed E-state index contributed by atoms with van der Waals surface area (Å²) in [6.07, 6.45) is 4.76. The predicted molar refractivity (Wildman–Crippen MR) is 118 cm³/mol. The van der Waals surface area contributed by atoms with Crippen LogP contribution < -0.4 is 9.80 Å². The Kier molecular flexibility index (Phi) is 6.86. The van der Waals surface area contributed by atoms with Gasteiger partial charge in [-0.3, -0.25) is 9.59 Å². The van der Waals surface area contributed by atoms with Crippen LogP contribution in [0, 0.1) is 5.92 Å². The Balaban J connectivity index is 1.18. The zero-order chi connectivity index (χ0) is 21.6. The molecule has 31 heavy (non-hydrogen) atoms. The van der Waals surface area contributed by atoms with Crippen LogP contribution in [0.5, 0.6) is 0 Å². The lowest BCUT2D eigenvalue weighted by atomic mass is 9.97. The first-order valence-electron chi connectivity index (χ1n) is 10.6. The number of carbonyl (C=O) groups is 2. The smallest absolute Gasteiger partial charge is 0.309 e. The Morgan fingerprint density at radius 3 is 2.35 bits per heavy atom. The van der Waals surface area contributed by atoms with E-state index in [1.807, 2.05) is 24.3 Å². The highest BCUT2D eigenvalue weighted by atomic mass is 35.5. The van der Waals surface area contributed by atoms with Gasteiger partial charge in [-0.25, -0.2) is 9.97 Å². The fourth-order valence-corrected chi connectivity index (χ4v) is 4.18. The van der Waals surface area contributed by atoms with E-state index in [0.29, 0.717) is 50.0 Å². The normalized spacial score (nSPS) is 17.5. The number of hydrogen-bond acceptors (Lipinski definition) is 7. The standard InChI is InChI=1S/C22H26ClN5O3/c23-18-3-1-4-19(15-18)26-11-13-27(14-12-26)20(29)16-31-21(30)17-5-9-28(10-6-17)22-24-7-2-8-25-22/h1-4,7-8,15,17H,5-6,9-14,16H2. The number of esters is 1. The third kappa shape index (κ3) is 5.44. The van der Waals surface area contributed by atoms with Crippen molar-refractivity contribution >= 4 is 35.1 Å². The number of hydrogen-bond donors (Lipinski definition) is 0. The minimum absolute atomic E-state index is 0.144. The summed E-state index contributed by atoms with van der Waals surface area (Å²) in [5.41, 5.74) is 1.05. The monoisotopic (exact) mass is 443 g/mol. The fourth-order valence-electron chi connectivity index (χ4n) is 4.00. The van der Waals surface area contributed by atoms with Crippen molar-refractivity contribution < 1.29 is 14.3 Å². The number of amides is 1. The van der Waals surface area contributed by atoms with Crippen LogP contribution in [0.3, 0.4) is 0 Å². The highest BCUT2D eigenvalue weighted by molar-refractivity contribution is 6.30. The fraction of sp³-hybridized carbons (Fsp3) is 0.455. The molecule has 0 spiro atoms. The van der Waals surface area contributed by atoms with Crippen LogP contribution in [-0.2, 0) is 14.3 Å². The summed E-state index contributed by atoms with van der Waals surface area (Å²) in [6.45, 7) is 3.83. The van der Waals surface area contributed by atoms with Crippen molar-refractivity contribution in [3.8, 4) is 0 Å². The maximum absolute atomic E-state index is 12.5. The maximum atomic E-state index is 12.5. The van der Waals surface area contributed by atoms with Crippen molar-refractivity contribution in [3.05, 3.63) is 47.7 Å². The molecule has 0 bridgehead atoms. The summed E-state index contributed by atoms with van der Waals surface area (Å²) in [5.74, 6) is 0.0580. The third-order valence-corrected chi connectivity index (χ3v) is 6.04. The van der Waals surface area contributed by atoms with Crippen LogP contribution in [0.4, 0.5) is 11.6 Å². The van der Waals surface area contributed by atoms with Crippen LogP contribution in [0.25, 0.3) is 0 Å². The minimum Gasteiger partial charge on any atom is -0.455 e. The molecule has 8 nitrogen and oxygen atoms in total. The zero-order valence-corrected chi connectivity index (χ0v) is 18.1. The number of benzene rings is 1. The van der Waals surface area contributed by atoms with E-state index in [9.17, 15) is 9.59 Å². The molecule has 3 heterocycles. The molecular formula is C22H26ClN5O3. The molecule has 9 heteroatoms. The van der Waals surface area contributed by atoms with E-state index in [4.69, 9.17) is 16.3 Å². The summed E-state index contributed by atoms with van der Waals surface area (Å²) in [6, 6.07) is 9.49. The molecule has 0 saturated carbocycles. The van der Waals surface area contributed by atoms with Crippen LogP contribution in [0.2, 0.25) is 5.02 Å². The van der Waals surface area contributed by atoms with E-state index in [1.54, 1.807) is 23.4 Å². The Bertz CT molecular complexity index is 897. The first kappa shape index (κ1) is 21.4. The zero-order valence-electron chi connectivity index (χ0n) is 17.3. The van der Waals surface area contributed by atoms with Gasteiger partial charge in [0.05, 0.1) is 5.92 Å². The first-order valence-corrected chi connectivity index (χ1v) is 10.9. The molecule has 0 radical (unpaired) electrons. The van der Waals surface area contributed by atoms with E-state index in [0.717, 1.165) is 18.8 Å². The van der Waals surface area contributed by atoms with Gasteiger partial charge in [0.15, 0.2) is 6.61 Å². The van der Waals surface area contributed by atoms with E-state index in [-0.39, 0.29) is 24.4 Å². The van der Waals surface area contributed by atoms with Gasteiger partial charge in [-0.1, -0.05) is 17.7 Å². The number of piperazine rings is 1. The molecule has 2 saturated heterocycles. The van der Waals surface area contributed by atoms with Gasteiger partial charge in [0.25, 0.3) is 5.91 Å². The molecule has 1 amide bonds. The quantitative estimate of drug-likeness (QED) is 0.655. The number of rotatable bonds is 5. The SMILES string of the molecule is O=C(OCC(=O)N1CCN(c2cccc(Cl)c2)CC1)C1CCN(c2ncccn2)CC1. The van der Waals surface area contributed by atoms with Crippen LogP contribution >= 0.6 is 11.6 Å². The Labute approximate surface area is 186 Å². The number of anilines is 2. The number of aromatic nitrogens is 2. The molecule has 2 aliphatic heterocycles. The lowest BCUT2D eigenvalue weighted by molar-refractivity contribution is -0.156. The Morgan fingerprint density at radius 1 is 0.968 bits per heavy atom. The minimum atomic E-state index is -0.292. The molecular weight excluding hydrogens is 418 g/mol. The largest absolute Gasteiger partial charge is 0.455 e. The average Bonchev–Trinajstić information content (AvgIpc) is 2.83. The van der Waals surface area contributed by atoms with Gasteiger partial charge in [-0.05, 0) is 37.1 Å². The summed E-state index contributed by atoms with van der Waals surface area (Å²) < 4.78 is 5.35. The van der Waals surface area contributed by atoms with Crippen molar-refractivity contribution in [3.63, 3.8) is 0 Å². The molecule has 0 N–H and O–H groups in total. The highest BCUT2D eigenvalue weighted by Gasteiger charge is 2.28. The van der Waals surface area contributed by atoms with E-state index >= 15 is 0 Å². The van der Waals surface area contributed by atoms with E-state index < -0.39 is 0 Å². The van der Waals surface area contributed by atoms with Crippen LogP contribution in [-0.4, -0.2) is 72.6 Å². The lowest BCUT2D eigenvalue weighted by Crippen LogP contribution is -2.50. The highest BCUT2D eigenvalue weighted by Crippen LogP contribution is 2.22. The molecule has 2 aliphatic rings. The molecule has 164 valence electrons. The summed E-state index contributed by atoms with van der Waals surface area (Å²) in [5, 5.41) is 0.699.